The highest BCUT2D eigenvalue weighted by Gasteiger charge is 2.01. The molecule has 1 aromatic heterocycles. The van der Waals surface area contributed by atoms with Crippen LogP contribution in [0.25, 0.3) is 10.9 Å². The minimum absolute atomic E-state index is 0.544. The molecule has 0 aliphatic carbocycles. The van der Waals surface area contributed by atoms with Crippen molar-refractivity contribution in [2.45, 2.75) is 0 Å². The van der Waals surface area contributed by atoms with Crippen LogP contribution in [0.3, 0.4) is 0 Å². The second-order valence-electron chi connectivity index (χ2n) is 4.58. The monoisotopic (exact) mass is 280 g/mol. The quantitative estimate of drug-likeness (QED) is 0.555. The largest absolute Gasteiger partial charge is 0.492 e. The Morgan fingerprint density at radius 3 is 2.67 bits per heavy atom. The number of hydrogen-bond acceptors (Lipinski definition) is 5. The molecule has 0 aliphatic rings. The van der Waals surface area contributed by atoms with Crippen molar-refractivity contribution in [3.63, 3.8) is 0 Å². The van der Waals surface area contributed by atoms with Crippen molar-refractivity contribution >= 4 is 22.4 Å². The maximum absolute atomic E-state index is 5.63. The lowest BCUT2D eigenvalue weighted by Gasteiger charge is -2.09. The molecular weight excluding hydrogens is 264 g/mol. The lowest BCUT2D eigenvalue weighted by molar-refractivity contribution is 0.333. The number of benzene rings is 2. The van der Waals surface area contributed by atoms with Gasteiger partial charge in [-0.05, 0) is 36.4 Å². The third-order valence-electron chi connectivity index (χ3n) is 3.09. The molecule has 2 aromatic carbocycles. The van der Waals surface area contributed by atoms with Gasteiger partial charge in [-0.25, -0.2) is 9.97 Å². The van der Waals surface area contributed by atoms with Gasteiger partial charge in [-0.1, -0.05) is 12.1 Å². The zero-order chi connectivity index (χ0) is 14.5. The normalized spacial score (nSPS) is 10.5. The van der Waals surface area contributed by atoms with E-state index in [1.54, 1.807) is 6.33 Å². The van der Waals surface area contributed by atoms with E-state index in [9.17, 15) is 0 Å². The Kier molecular flexibility index (Phi) is 3.82. The van der Waals surface area contributed by atoms with Gasteiger partial charge in [0.15, 0.2) is 0 Å². The van der Waals surface area contributed by atoms with E-state index in [0.29, 0.717) is 13.2 Å². The van der Waals surface area contributed by atoms with Crippen molar-refractivity contribution < 1.29 is 4.74 Å². The highest BCUT2D eigenvalue weighted by Crippen LogP contribution is 2.18. The molecule has 0 unspecified atom stereocenters. The van der Waals surface area contributed by atoms with Gasteiger partial charge in [-0.15, -0.1) is 0 Å². The van der Waals surface area contributed by atoms with Crippen LogP contribution < -0.4 is 15.8 Å². The van der Waals surface area contributed by atoms with E-state index in [2.05, 4.69) is 15.3 Å². The molecule has 1 heterocycles. The number of para-hydroxylation sites is 1. The molecule has 106 valence electrons. The average Bonchev–Trinajstić information content (AvgIpc) is 2.53. The maximum atomic E-state index is 5.63. The van der Waals surface area contributed by atoms with Gasteiger partial charge in [0.2, 0.25) is 0 Å². The fourth-order valence-corrected chi connectivity index (χ4v) is 2.05. The molecule has 0 atom stereocenters. The molecule has 3 aromatic rings. The summed E-state index contributed by atoms with van der Waals surface area (Å²) in [7, 11) is 0. The number of hydrogen-bond donors (Lipinski definition) is 2. The highest BCUT2D eigenvalue weighted by atomic mass is 16.5. The maximum Gasteiger partial charge on any atom is 0.137 e. The van der Waals surface area contributed by atoms with Crippen molar-refractivity contribution in [2.75, 3.05) is 24.2 Å². The van der Waals surface area contributed by atoms with Gasteiger partial charge in [0.05, 0.1) is 12.1 Å². The molecule has 0 aliphatic heterocycles. The Morgan fingerprint density at radius 2 is 1.81 bits per heavy atom. The first kappa shape index (κ1) is 13.2. The molecule has 0 saturated heterocycles. The van der Waals surface area contributed by atoms with Crippen molar-refractivity contribution in [1.82, 2.24) is 9.97 Å². The SMILES string of the molecule is Nc1ccc(OCCNc2ncnc3ccccc23)cc1. The Labute approximate surface area is 122 Å². The molecule has 21 heavy (non-hydrogen) atoms. The van der Waals surface area contributed by atoms with E-state index in [0.717, 1.165) is 28.2 Å². The summed E-state index contributed by atoms with van der Waals surface area (Å²) in [6.07, 6.45) is 1.56. The van der Waals surface area contributed by atoms with Crippen LogP contribution >= 0.6 is 0 Å². The Balaban J connectivity index is 1.58. The van der Waals surface area contributed by atoms with E-state index >= 15 is 0 Å². The Bertz CT molecular complexity index is 722. The zero-order valence-corrected chi connectivity index (χ0v) is 11.5. The van der Waals surface area contributed by atoms with Gasteiger partial charge < -0.3 is 15.8 Å². The van der Waals surface area contributed by atoms with Crippen LogP contribution in [0, 0.1) is 0 Å². The summed E-state index contributed by atoms with van der Waals surface area (Å²) in [6.45, 7) is 1.20. The number of fused-ring (bicyclic) bond motifs is 1. The van der Waals surface area contributed by atoms with E-state index in [1.165, 1.54) is 0 Å². The van der Waals surface area contributed by atoms with Gasteiger partial charge in [-0.2, -0.15) is 0 Å². The second-order valence-corrected chi connectivity index (χ2v) is 4.58. The minimum atomic E-state index is 0.544. The highest BCUT2D eigenvalue weighted by molar-refractivity contribution is 5.88. The predicted octanol–water partition coefficient (Wildman–Crippen LogP) is 2.70. The summed E-state index contributed by atoms with van der Waals surface area (Å²) >= 11 is 0. The van der Waals surface area contributed by atoms with Crippen molar-refractivity contribution in [2.24, 2.45) is 0 Å². The lowest BCUT2D eigenvalue weighted by Crippen LogP contribution is -2.12. The standard InChI is InChI=1S/C16H16N4O/c17-12-5-7-13(8-6-12)21-10-9-18-16-14-3-1-2-4-15(14)19-11-20-16/h1-8,11H,9-10,17H2,(H,18,19,20). The molecule has 3 N–H and O–H groups in total. The van der Waals surface area contributed by atoms with Crippen LogP contribution in [0.15, 0.2) is 54.9 Å². The molecule has 0 spiro atoms. The fraction of sp³-hybridized carbons (Fsp3) is 0.125. The molecule has 0 radical (unpaired) electrons. The molecule has 0 amide bonds. The van der Waals surface area contributed by atoms with E-state index < -0.39 is 0 Å². The summed E-state index contributed by atoms with van der Waals surface area (Å²) in [5.41, 5.74) is 7.28. The molecular formula is C16H16N4O. The van der Waals surface area contributed by atoms with Gasteiger partial charge >= 0.3 is 0 Å². The topological polar surface area (TPSA) is 73.1 Å². The summed E-state index contributed by atoms with van der Waals surface area (Å²) < 4.78 is 5.63. The van der Waals surface area contributed by atoms with Crippen molar-refractivity contribution in [3.05, 3.63) is 54.9 Å². The number of ether oxygens (including phenoxy) is 1. The van der Waals surface area contributed by atoms with Gasteiger partial charge in [-0.3, -0.25) is 0 Å². The average molecular weight is 280 g/mol. The van der Waals surface area contributed by atoms with E-state index in [1.807, 2.05) is 48.5 Å². The van der Waals surface area contributed by atoms with Crippen LogP contribution in [0.1, 0.15) is 0 Å². The first-order valence-corrected chi connectivity index (χ1v) is 6.75. The Morgan fingerprint density at radius 1 is 1.00 bits per heavy atom. The molecule has 0 fully saturated rings. The van der Waals surface area contributed by atoms with Crippen molar-refractivity contribution in [3.8, 4) is 5.75 Å². The predicted molar refractivity (Wildman–Crippen MR) is 84.4 cm³/mol. The fourth-order valence-electron chi connectivity index (χ4n) is 2.05. The summed E-state index contributed by atoms with van der Waals surface area (Å²) in [6, 6.07) is 15.3. The zero-order valence-electron chi connectivity index (χ0n) is 11.5. The van der Waals surface area contributed by atoms with Crippen LogP contribution in [0.2, 0.25) is 0 Å². The third kappa shape index (κ3) is 3.20. The number of aromatic nitrogens is 2. The first-order valence-electron chi connectivity index (χ1n) is 6.75. The Hall–Kier alpha value is -2.82. The van der Waals surface area contributed by atoms with Gasteiger partial charge in [0.25, 0.3) is 0 Å². The minimum Gasteiger partial charge on any atom is -0.492 e. The smallest absolute Gasteiger partial charge is 0.137 e. The van der Waals surface area contributed by atoms with E-state index in [-0.39, 0.29) is 0 Å². The first-order chi connectivity index (χ1) is 10.3. The molecule has 5 nitrogen and oxygen atoms in total. The molecule has 0 bridgehead atoms. The summed E-state index contributed by atoms with van der Waals surface area (Å²) in [5, 5.41) is 4.28. The van der Waals surface area contributed by atoms with Gasteiger partial charge in [0, 0.05) is 11.1 Å². The lowest BCUT2D eigenvalue weighted by atomic mass is 10.2. The number of anilines is 2. The second kappa shape index (κ2) is 6.09. The molecule has 3 rings (SSSR count). The number of nitrogen functional groups attached to an aromatic ring is 1. The van der Waals surface area contributed by atoms with E-state index in [4.69, 9.17) is 10.5 Å². The number of nitrogens with zero attached hydrogens (tertiary/aromatic N) is 2. The van der Waals surface area contributed by atoms with Crippen LogP contribution in [-0.2, 0) is 0 Å². The summed E-state index contributed by atoms with van der Waals surface area (Å²) in [5.74, 6) is 1.63. The van der Waals surface area contributed by atoms with Crippen molar-refractivity contribution in [1.29, 1.82) is 0 Å². The third-order valence-corrected chi connectivity index (χ3v) is 3.09. The summed E-state index contributed by atoms with van der Waals surface area (Å²) in [4.78, 5) is 8.50. The van der Waals surface area contributed by atoms with Crippen LogP contribution in [0.5, 0.6) is 5.75 Å². The number of nitrogens with two attached hydrogens (primary N) is 1. The van der Waals surface area contributed by atoms with Crippen LogP contribution in [0.4, 0.5) is 11.5 Å². The number of nitrogens with one attached hydrogen (secondary N) is 1. The molecule has 0 saturated carbocycles. The molecule has 5 heteroatoms. The van der Waals surface area contributed by atoms with Gasteiger partial charge in [0.1, 0.15) is 24.5 Å². The van der Waals surface area contributed by atoms with Crippen LogP contribution in [-0.4, -0.2) is 23.1 Å². The number of rotatable bonds is 5.